The van der Waals surface area contributed by atoms with Gasteiger partial charge in [-0.2, -0.15) is 0 Å². The Labute approximate surface area is 159 Å². The van der Waals surface area contributed by atoms with Gasteiger partial charge in [-0.25, -0.2) is 0 Å². The highest BCUT2D eigenvalue weighted by Crippen LogP contribution is 2.33. The molecule has 3 rings (SSSR count). The van der Waals surface area contributed by atoms with E-state index in [1.54, 1.807) is 0 Å². The van der Waals surface area contributed by atoms with Crippen LogP contribution in [0.25, 0.3) is 0 Å². The summed E-state index contributed by atoms with van der Waals surface area (Å²) >= 11 is 0. The zero-order valence-corrected chi connectivity index (χ0v) is 17.4. The van der Waals surface area contributed by atoms with Crippen molar-refractivity contribution in [2.45, 2.75) is 57.5 Å². The molecular formula is C22H37N3O. The molecule has 2 aliphatic rings. The van der Waals surface area contributed by atoms with Gasteiger partial charge in [0, 0.05) is 24.2 Å². The van der Waals surface area contributed by atoms with Crippen LogP contribution in [0.2, 0.25) is 0 Å². The smallest absolute Gasteiger partial charge is 0.120 e. The second-order valence-electron chi connectivity index (χ2n) is 9.61. The quantitative estimate of drug-likeness (QED) is 0.878. The molecule has 4 nitrogen and oxygen atoms in total. The van der Waals surface area contributed by atoms with Crippen LogP contribution in [0, 0.1) is 0 Å². The van der Waals surface area contributed by atoms with Crippen molar-refractivity contribution in [3.63, 3.8) is 0 Å². The monoisotopic (exact) mass is 359 g/mol. The molecule has 1 spiro atoms. The van der Waals surface area contributed by atoms with Gasteiger partial charge in [0.15, 0.2) is 0 Å². The molecule has 0 bridgehead atoms. The summed E-state index contributed by atoms with van der Waals surface area (Å²) in [5.41, 5.74) is 2.77. The Morgan fingerprint density at radius 1 is 1.04 bits per heavy atom. The number of hydrogen-bond donors (Lipinski definition) is 1. The minimum Gasteiger partial charge on any atom is -0.508 e. The van der Waals surface area contributed by atoms with E-state index in [2.05, 4.69) is 61.7 Å². The van der Waals surface area contributed by atoms with Gasteiger partial charge in [-0.15, -0.1) is 0 Å². The molecule has 1 aromatic rings. The van der Waals surface area contributed by atoms with E-state index in [4.69, 9.17) is 0 Å². The van der Waals surface area contributed by atoms with Gasteiger partial charge in [0.25, 0.3) is 0 Å². The Hall–Kier alpha value is -1.10. The number of likely N-dealkylation sites (N-methyl/N-ethyl adjacent to an activating group) is 1. The van der Waals surface area contributed by atoms with E-state index in [9.17, 15) is 5.11 Å². The van der Waals surface area contributed by atoms with Crippen LogP contribution in [0.5, 0.6) is 5.75 Å². The first-order valence-corrected chi connectivity index (χ1v) is 10.1. The standard InChI is InChI=1S/C22H37N3O/c1-21(2,3)19-7-8-20(26)18(15-19)16-25-12-6-11-24(5)22(17-25)9-13-23(4)14-10-22/h7-8,15,26H,6,9-14,16-17H2,1-5H3. The number of piperidine rings is 1. The lowest BCUT2D eigenvalue weighted by molar-refractivity contribution is 0.0335. The average Bonchev–Trinajstić information content (AvgIpc) is 2.71. The molecule has 4 heteroatoms. The number of benzene rings is 1. The van der Waals surface area contributed by atoms with Crippen LogP contribution in [-0.2, 0) is 12.0 Å². The summed E-state index contributed by atoms with van der Waals surface area (Å²) in [7, 11) is 4.55. The molecule has 0 aliphatic carbocycles. The molecule has 0 unspecified atom stereocenters. The molecule has 2 fully saturated rings. The zero-order valence-electron chi connectivity index (χ0n) is 17.4. The number of nitrogens with zero attached hydrogens (tertiary/aromatic N) is 3. The maximum absolute atomic E-state index is 10.4. The fourth-order valence-corrected chi connectivity index (χ4v) is 4.51. The van der Waals surface area contributed by atoms with E-state index in [1.807, 2.05) is 6.07 Å². The highest BCUT2D eigenvalue weighted by molar-refractivity contribution is 5.38. The van der Waals surface area contributed by atoms with Gasteiger partial charge in [-0.3, -0.25) is 9.80 Å². The largest absolute Gasteiger partial charge is 0.508 e. The van der Waals surface area contributed by atoms with Crippen molar-refractivity contribution in [1.82, 2.24) is 14.7 Å². The number of phenols is 1. The van der Waals surface area contributed by atoms with E-state index in [0.717, 1.165) is 25.2 Å². The molecule has 2 saturated heterocycles. The molecule has 2 heterocycles. The van der Waals surface area contributed by atoms with E-state index in [0.29, 0.717) is 11.3 Å². The molecule has 0 radical (unpaired) electrons. The van der Waals surface area contributed by atoms with Crippen LogP contribution < -0.4 is 0 Å². The zero-order chi connectivity index (χ0) is 18.9. The predicted molar refractivity (Wildman–Crippen MR) is 109 cm³/mol. The van der Waals surface area contributed by atoms with Crippen molar-refractivity contribution < 1.29 is 5.11 Å². The van der Waals surface area contributed by atoms with Gasteiger partial charge in [0.05, 0.1) is 0 Å². The maximum atomic E-state index is 10.4. The lowest BCUT2D eigenvalue weighted by atomic mass is 9.85. The molecule has 2 aliphatic heterocycles. The molecule has 146 valence electrons. The summed E-state index contributed by atoms with van der Waals surface area (Å²) in [6.07, 6.45) is 3.68. The van der Waals surface area contributed by atoms with Crippen LogP contribution >= 0.6 is 0 Å². The summed E-state index contributed by atoms with van der Waals surface area (Å²) in [5.74, 6) is 0.438. The topological polar surface area (TPSA) is 30.0 Å². The van der Waals surface area contributed by atoms with Gasteiger partial charge in [-0.05, 0) is 76.6 Å². The summed E-state index contributed by atoms with van der Waals surface area (Å²) in [4.78, 5) is 7.65. The lowest BCUT2D eigenvalue weighted by Crippen LogP contribution is -2.57. The van der Waals surface area contributed by atoms with E-state index in [-0.39, 0.29) is 5.41 Å². The lowest BCUT2D eigenvalue weighted by Gasteiger charge is -2.47. The van der Waals surface area contributed by atoms with Crippen molar-refractivity contribution in [2.24, 2.45) is 0 Å². The van der Waals surface area contributed by atoms with E-state index >= 15 is 0 Å². The molecule has 0 aromatic heterocycles. The van der Waals surface area contributed by atoms with Gasteiger partial charge in [0.2, 0.25) is 0 Å². The molecule has 0 amide bonds. The molecular weight excluding hydrogens is 322 g/mol. The van der Waals surface area contributed by atoms with Crippen molar-refractivity contribution in [3.05, 3.63) is 29.3 Å². The Morgan fingerprint density at radius 2 is 1.73 bits per heavy atom. The minimum absolute atomic E-state index is 0.108. The number of aromatic hydroxyl groups is 1. The number of hydrogen-bond acceptors (Lipinski definition) is 4. The van der Waals surface area contributed by atoms with Gasteiger partial charge >= 0.3 is 0 Å². The normalized spacial score (nSPS) is 23.3. The van der Waals surface area contributed by atoms with Gasteiger partial charge < -0.3 is 10.0 Å². The van der Waals surface area contributed by atoms with Crippen LogP contribution in [0.1, 0.15) is 51.2 Å². The van der Waals surface area contributed by atoms with Crippen LogP contribution in [0.3, 0.4) is 0 Å². The minimum atomic E-state index is 0.108. The second kappa shape index (κ2) is 7.49. The number of likely N-dealkylation sites (tertiary alicyclic amines) is 1. The average molecular weight is 360 g/mol. The number of rotatable bonds is 2. The highest BCUT2D eigenvalue weighted by Gasteiger charge is 2.40. The third-order valence-electron chi connectivity index (χ3n) is 6.55. The fourth-order valence-electron chi connectivity index (χ4n) is 4.51. The Balaban J connectivity index is 1.79. The molecule has 1 aromatic carbocycles. The summed E-state index contributed by atoms with van der Waals surface area (Å²) < 4.78 is 0. The molecule has 26 heavy (non-hydrogen) atoms. The first-order valence-electron chi connectivity index (χ1n) is 10.1. The van der Waals surface area contributed by atoms with E-state index < -0.39 is 0 Å². The summed E-state index contributed by atoms with van der Waals surface area (Å²) in [6, 6.07) is 6.16. The SMILES string of the molecule is CN1CCC2(CC1)CN(Cc1cc(C(C)(C)C)ccc1O)CCCN2C. The maximum Gasteiger partial charge on any atom is 0.120 e. The van der Waals surface area contributed by atoms with Crippen LogP contribution in [-0.4, -0.2) is 72.2 Å². The van der Waals surface area contributed by atoms with E-state index in [1.165, 1.54) is 44.5 Å². The summed E-state index contributed by atoms with van der Waals surface area (Å²) in [6.45, 7) is 13.3. The van der Waals surface area contributed by atoms with Gasteiger partial charge in [0.1, 0.15) is 5.75 Å². The molecule has 1 N–H and O–H groups in total. The van der Waals surface area contributed by atoms with Crippen molar-refractivity contribution in [3.8, 4) is 5.75 Å². The predicted octanol–water partition coefficient (Wildman–Crippen LogP) is 3.29. The Morgan fingerprint density at radius 3 is 2.38 bits per heavy atom. The summed E-state index contributed by atoms with van der Waals surface area (Å²) in [5, 5.41) is 10.4. The van der Waals surface area contributed by atoms with Crippen molar-refractivity contribution in [2.75, 3.05) is 46.8 Å². The first kappa shape index (κ1) is 19.7. The van der Waals surface area contributed by atoms with Crippen molar-refractivity contribution >= 4 is 0 Å². The molecule has 0 atom stereocenters. The molecule has 0 saturated carbocycles. The van der Waals surface area contributed by atoms with Crippen molar-refractivity contribution in [1.29, 1.82) is 0 Å². The third-order valence-corrected chi connectivity index (χ3v) is 6.55. The van der Waals surface area contributed by atoms with Crippen LogP contribution in [0.4, 0.5) is 0 Å². The van der Waals surface area contributed by atoms with Gasteiger partial charge in [-0.1, -0.05) is 32.9 Å². The third kappa shape index (κ3) is 4.24. The highest BCUT2D eigenvalue weighted by atomic mass is 16.3. The first-order chi connectivity index (χ1) is 12.2. The number of phenolic OH excluding ortho intramolecular Hbond substituents is 1. The Bertz CT molecular complexity index is 614. The fraction of sp³-hybridized carbons (Fsp3) is 0.727. The Kier molecular flexibility index (Phi) is 5.66. The van der Waals surface area contributed by atoms with Crippen LogP contribution in [0.15, 0.2) is 18.2 Å². The second-order valence-corrected chi connectivity index (χ2v) is 9.61.